The average molecular weight is 204 g/mol. The molecule has 2 aliphatic rings. The number of rotatable bonds is 1. The zero-order valence-electron chi connectivity index (χ0n) is 7.70. The highest BCUT2D eigenvalue weighted by Gasteiger charge is 2.36. The van der Waals surface area contributed by atoms with E-state index in [1.54, 1.807) is 4.31 Å². The smallest absolute Gasteiger partial charge is 0.215 e. The second-order valence-electron chi connectivity index (χ2n) is 3.76. The molecular formula is C8H16N2O2S. The van der Waals surface area contributed by atoms with Gasteiger partial charge in [0.1, 0.15) is 0 Å². The SMILES string of the molecule is O=S1(=O)CCNCCCN1C1CC1. The average Bonchev–Trinajstić information content (AvgIpc) is 2.82. The van der Waals surface area contributed by atoms with Gasteiger partial charge < -0.3 is 5.32 Å². The number of nitrogens with one attached hydrogen (secondary N) is 1. The van der Waals surface area contributed by atoms with Crippen molar-refractivity contribution in [3.8, 4) is 0 Å². The lowest BCUT2D eigenvalue weighted by atomic mass is 10.4. The molecule has 0 aromatic rings. The molecule has 13 heavy (non-hydrogen) atoms. The Bertz CT molecular complexity index is 272. The van der Waals surface area contributed by atoms with Crippen LogP contribution in [0.3, 0.4) is 0 Å². The largest absolute Gasteiger partial charge is 0.316 e. The molecule has 2 fully saturated rings. The van der Waals surface area contributed by atoms with E-state index in [1.807, 2.05) is 0 Å². The third-order valence-electron chi connectivity index (χ3n) is 2.58. The Kier molecular flexibility index (Phi) is 2.58. The third kappa shape index (κ3) is 2.21. The summed E-state index contributed by atoms with van der Waals surface area (Å²) < 4.78 is 25.2. The maximum atomic E-state index is 11.7. The van der Waals surface area contributed by atoms with E-state index in [0.29, 0.717) is 19.1 Å². The van der Waals surface area contributed by atoms with Crippen LogP contribution in [0.25, 0.3) is 0 Å². The molecule has 1 N–H and O–H groups in total. The van der Waals surface area contributed by atoms with Gasteiger partial charge in [-0.25, -0.2) is 8.42 Å². The van der Waals surface area contributed by atoms with E-state index in [1.165, 1.54) is 0 Å². The van der Waals surface area contributed by atoms with Crippen molar-refractivity contribution in [3.63, 3.8) is 0 Å². The highest BCUT2D eigenvalue weighted by atomic mass is 32.2. The first-order chi connectivity index (χ1) is 6.20. The molecule has 0 aromatic carbocycles. The van der Waals surface area contributed by atoms with Gasteiger partial charge in [-0.05, 0) is 25.8 Å². The van der Waals surface area contributed by atoms with Crippen LogP contribution in [0.4, 0.5) is 0 Å². The van der Waals surface area contributed by atoms with Crippen molar-refractivity contribution in [2.75, 3.05) is 25.4 Å². The summed E-state index contributed by atoms with van der Waals surface area (Å²) in [7, 11) is -2.95. The predicted molar refractivity (Wildman–Crippen MR) is 51.0 cm³/mol. The number of sulfonamides is 1. The standard InChI is InChI=1S/C8H16N2O2S/c11-13(12)7-5-9-4-1-6-10(13)8-2-3-8/h8-9H,1-7H2. The van der Waals surface area contributed by atoms with Crippen molar-refractivity contribution in [3.05, 3.63) is 0 Å². The van der Waals surface area contributed by atoms with Crippen LogP contribution < -0.4 is 5.32 Å². The summed E-state index contributed by atoms with van der Waals surface area (Å²) in [5.74, 6) is 0.267. The van der Waals surface area contributed by atoms with E-state index in [-0.39, 0.29) is 5.75 Å². The predicted octanol–water partition coefficient (Wildman–Crippen LogP) is -0.226. The molecule has 0 spiro atoms. The fourth-order valence-electron chi connectivity index (χ4n) is 1.71. The summed E-state index contributed by atoms with van der Waals surface area (Å²) in [5.41, 5.74) is 0. The second kappa shape index (κ2) is 3.55. The van der Waals surface area contributed by atoms with Crippen LogP contribution in [-0.4, -0.2) is 44.2 Å². The van der Waals surface area contributed by atoms with E-state index in [0.717, 1.165) is 25.8 Å². The lowest BCUT2D eigenvalue weighted by molar-refractivity contribution is 0.385. The van der Waals surface area contributed by atoms with Crippen LogP contribution in [-0.2, 0) is 10.0 Å². The first-order valence-electron chi connectivity index (χ1n) is 4.90. The van der Waals surface area contributed by atoms with E-state index >= 15 is 0 Å². The molecule has 5 heteroatoms. The van der Waals surface area contributed by atoms with Gasteiger partial charge in [-0.2, -0.15) is 4.31 Å². The Hall–Kier alpha value is -0.130. The second-order valence-corrected chi connectivity index (χ2v) is 5.80. The Balaban J connectivity index is 2.09. The van der Waals surface area contributed by atoms with Gasteiger partial charge in [0.25, 0.3) is 0 Å². The lowest BCUT2D eigenvalue weighted by Crippen LogP contribution is -2.42. The molecule has 1 aliphatic heterocycles. The summed E-state index contributed by atoms with van der Waals surface area (Å²) >= 11 is 0. The first kappa shape index (κ1) is 9.43. The van der Waals surface area contributed by atoms with Crippen molar-refractivity contribution in [2.45, 2.75) is 25.3 Å². The van der Waals surface area contributed by atoms with Crippen LogP contribution in [0.2, 0.25) is 0 Å². The molecule has 2 rings (SSSR count). The highest BCUT2D eigenvalue weighted by Crippen LogP contribution is 2.29. The topological polar surface area (TPSA) is 49.4 Å². The highest BCUT2D eigenvalue weighted by molar-refractivity contribution is 7.89. The molecule has 1 saturated carbocycles. The number of nitrogens with zero attached hydrogens (tertiary/aromatic N) is 1. The van der Waals surface area contributed by atoms with Gasteiger partial charge >= 0.3 is 0 Å². The van der Waals surface area contributed by atoms with Crippen molar-refractivity contribution in [1.29, 1.82) is 0 Å². The minimum absolute atomic E-state index is 0.267. The number of hydrogen-bond acceptors (Lipinski definition) is 3. The molecule has 0 unspecified atom stereocenters. The summed E-state index contributed by atoms with van der Waals surface area (Å²) in [6.45, 7) is 2.25. The van der Waals surface area contributed by atoms with Gasteiger partial charge in [-0.3, -0.25) is 0 Å². The summed E-state index contributed by atoms with van der Waals surface area (Å²) in [6, 6.07) is 0.336. The molecule has 76 valence electrons. The summed E-state index contributed by atoms with van der Waals surface area (Å²) in [5, 5.41) is 3.12. The zero-order chi connectivity index (χ0) is 9.31. The fraction of sp³-hybridized carbons (Fsp3) is 1.00. The Morgan fingerprint density at radius 2 is 2.00 bits per heavy atom. The molecule has 4 nitrogen and oxygen atoms in total. The van der Waals surface area contributed by atoms with Gasteiger partial charge in [0.05, 0.1) is 5.75 Å². The van der Waals surface area contributed by atoms with E-state index in [4.69, 9.17) is 0 Å². The minimum atomic E-state index is -2.95. The fourth-order valence-corrected chi connectivity index (χ4v) is 3.42. The van der Waals surface area contributed by atoms with Crippen LogP contribution >= 0.6 is 0 Å². The van der Waals surface area contributed by atoms with Gasteiger partial charge in [-0.15, -0.1) is 0 Å². The van der Waals surface area contributed by atoms with Crippen molar-refractivity contribution >= 4 is 10.0 Å². The molecule has 0 bridgehead atoms. The number of hydrogen-bond donors (Lipinski definition) is 1. The Morgan fingerprint density at radius 1 is 1.23 bits per heavy atom. The maximum Gasteiger partial charge on any atom is 0.215 e. The molecule has 1 aliphatic carbocycles. The normalized spacial score (nSPS) is 30.8. The maximum absolute atomic E-state index is 11.7. The van der Waals surface area contributed by atoms with Crippen LogP contribution in [0.5, 0.6) is 0 Å². The van der Waals surface area contributed by atoms with Crippen LogP contribution in [0.1, 0.15) is 19.3 Å². The summed E-state index contributed by atoms with van der Waals surface area (Å²) in [6.07, 6.45) is 3.06. The lowest BCUT2D eigenvalue weighted by Gasteiger charge is -2.24. The van der Waals surface area contributed by atoms with Crippen LogP contribution in [0, 0.1) is 0 Å². The molecule has 1 heterocycles. The van der Waals surface area contributed by atoms with Crippen molar-refractivity contribution < 1.29 is 8.42 Å². The molecule has 1 saturated heterocycles. The molecule has 0 amide bonds. The monoisotopic (exact) mass is 204 g/mol. The van der Waals surface area contributed by atoms with Gasteiger partial charge in [0.2, 0.25) is 10.0 Å². The molecule has 0 radical (unpaired) electrons. The Labute approximate surface area is 79.4 Å². The zero-order valence-corrected chi connectivity index (χ0v) is 8.52. The first-order valence-corrected chi connectivity index (χ1v) is 6.51. The quantitative estimate of drug-likeness (QED) is 0.642. The third-order valence-corrected chi connectivity index (χ3v) is 4.50. The molecular weight excluding hydrogens is 188 g/mol. The molecule has 0 atom stereocenters. The van der Waals surface area contributed by atoms with Crippen molar-refractivity contribution in [1.82, 2.24) is 9.62 Å². The van der Waals surface area contributed by atoms with Crippen molar-refractivity contribution in [2.24, 2.45) is 0 Å². The summed E-state index contributed by atoms with van der Waals surface area (Å²) in [4.78, 5) is 0. The van der Waals surface area contributed by atoms with Crippen LogP contribution in [0.15, 0.2) is 0 Å². The van der Waals surface area contributed by atoms with E-state index in [9.17, 15) is 8.42 Å². The van der Waals surface area contributed by atoms with E-state index < -0.39 is 10.0 Å². The Morgan fingerprint density at radius 3 is 2.69 bits per heavy atom. The van der Waals surface area contributed by atoms with Gasteiger partial charge in [0, 0.05) is 19.1 Å². The van der Waals surface area contributed by atoms with E-state index in [2.05, 4.69) is 5.32 Å². The molecule has 0 aromatic heterocycles. The van der Waals surface area contributed by atoms with Gasteiger partial charge in [0.15, 0.2) is 0 Å². The minimum Gasteiger partial charge on any atom is -0.316 e. The van der Waals surface area contributed by atoms with Gasteiger partial charge in [-0.1, -0.05) is 0 Å².